The summed E-state index contributed by atoms with van der Waals surface area (Å²) < 4.78 is 13.9. The van der Waals surface area contributed by atoms with Crippen LogP contribution >= 0.6 is 0 Å². The third-order valence-electron chi connectivity index (χ3n) is 2.52. The monoisotopic (exact) mass is 290 g/mol. The summed E-state index contributed by atoms with van der Waals surface area (Å²) in [5, 5.41) is 0. The minimum Gasteiger partial charge on any atom is -0.364 e. The van der Waals surface area contributed by atoms with Crippen molar-refractivity contribution in [1.29, 1.82) is 0 Å². The van der Waals surface area contributed by atoms with Gasteiger partial charge in [-0.2, -0.15) is 0 Å². The van der Waals surface area contributed by atoms with Gasteiger partial charge in [0.05, 0.1) is 0 Å². The Morgan fingerprint density at radius 1 is 1.14 bits per heavy atom. The molecule has 1 aromatic carbocycles. The Morgan fingerprint density at radius 2 is 1.76 bits per heavy atom. The molecule has 0 aliphatic rings. The summed E-state index contributed by atoms with van der Waals surface area (Å²) in [4.78, 5) is 14.8. The molecule has 0 spiro atoms. The lowest BCUT2D eigenvalue weighted by Gasteiger charge is -2.06. The number of hydrogen-bond acceptors (Lipinski definition) is 2. The molecule has 0 aliphatic carbocycles. The molecule has 0 fully saturated rings. The van der Waals surface area contributed by atoms with Crippen molar-refractivity contribution in [1.82, 2.24) is 4.98 Å². The molecule has 1 heterocycles. The number of pyridine rings is 1. The number of aromatic nitrogens is 1. The highest BCUT2D eigenvalue weighted by molar-refractivity contribution is 5.92. The molecule has 1 amide bonds. The number of halogens is 1. The van der Waals surface area contributed by atoms with Crippen LogP contribution in [0.1, 0.15) is 43.7 Å². The molecular weight excluding hydrogens is 267 g/mol. The summed E-state index contributed by atoms with van der Waals surface area (Å²) in [7, 11) is 0. The number of benzene rings is 1. The number of nitrogens with two attached hydrogens (primary N) is 1. The van der Waals surface area contributed by atoms with E-state index in [1.165, 1.54) is 12.3 Å². The van der Waals surface area contributed by atoms with Crippen molar-refractivity contribution in [3.05, 3.63) is 53.6 Å². The summed E-state index contributed by atoms with van der Waals surface area (Å²) in [5.41, 5.74) is 6.85. The van der Waals surface area contributed by atoms with Crippen LogP contribution in [-0.2, 0) is 0 Å². The third-order valence-corrected chi connectivity index (χ3v) is 2.52. The van der Waals surface area contributed by atoms with E-state index in [9.17, 15) is 9.18 Å². The molecule has 0 bridgehead atoms. The normalized spacial score (nSPS) is 8.86. The molecule has 21 heavy (non-hydrogen) atoms. The maximum Gasteiger partial charge on any atom is 0.267 e. The predicted molar refractivity (Wildman–Crippen MR) is 85.6 cm³/mol. The van der Waals surface area contributed by atoms with Crippen molar-refractivity contribution in [2.75, 3.05) is 0 Å². The Bertz CT molecular complexity index is 583. The average Bonchev–Trinajstić information content (AvgIpc) is 2.54. The van der Waals surface area contributed by atoms with Gasteiger partial charge in [0.2, 0.25) is 0 Å². The number of nitrogens with zero attached hydrogens (tertiary/aromatic N) is 1. The Labute approximate surface area is 126 Å². The van der Waals surface area contributed by atoms with Crippen molar-refractivity contribution in [3.63, 3.8) is 0 Å². The SMILES string of the molecule is CC.CC.Cc1cccc(-c2ccnc(C(N)=O)c2)c1F. The lowest BCUT2D eigenvalue weighted by molar-refractivity contribution is 0.0995. The van der Waals surface area contributed by atoms with Crippen molar-refractivity contribution in [2.24, 2.45) is 5.73 Å². The number of amides is 1. The zero-order chi connectivity index (χ0) is 16.4. The molecule has 4 heteroatoms. The summed E-state index contributed by atoms with van der Waals surface area (Å²) in [6, 6.07) is 8.24. The van der Waals surface area contributed by atoms with E-state index in [-0.39, 0.29) is 11.5 Å². The fourth-order valence-electron chi connectivity index (χ4n) is 1.60. The first-order valence-corrected chi connectivity index (χ1v) is 7.11. The zero-order valence-electron chi connectivity index (χ0n) is 13.3. The largest absolute Gasteiger partial charge is 0.364 e. The Balaban J connectivity index is 0.000000921. The van der Waals surface area contributed by atoms with Crippen LogP contribution in [0, 0.1) is 12.7 Å². The van der Waals surface area contributed by atoms with E-state index in [2.05, 4.69) is 4.98 Å². The molecular formula is C17H23FN2O. The topological polar surface area (TPSA) is 56.0 Å². The quantitative estimate of drug-likeness (QED) is 0.894. The van der Waals surface area contributed by atoms with E-state index >= 15 is 0 Å². The van der Waals surface area contributed by atoms with Crippen LogP contribution in [0.5, 0.6) is 0 Å². The van der Waals surface area contributed by atoms with E-state index in [1.54, 1.807) is 31.2 Å². The summed E-state index contributed by atoms with van der Waals surface area (Å²) in [6.07, 6.45) is 1.44. The zero-order valence-corrected chi connectivity index (χ0v) is 13.3. The van der Waals surface area contributed by atoms with Gasteiger partial charge in [-0.1, -0.05) is 45.9 Å². The minimum absolute atomic E-state index is 0.128. The average molecular weight is 290 g/mol. The van der Waals surface area contributed by atoms with Crippen LogP contribution in [-0.4, -0.2) is 10.9 Å². The number of rotatable bonds is 2. The maximum atomic E-state index is 13.9. The van der Waals surface area contributed by atoms with Crippen molar-refractivity contribution in [2.45, 2.75) is 34.6 Å². The van der Waals surface area contributed by atoms with Crippen molar-refractivity contribution < 1.29 is 9.18 Å². The standard InChI is InChI=1S/C13H11FN2O.2C2H6/c1-8-3-2-4-10(12(8)14)9-5-6-16-11(7-9)13(15)17;2*1-2/h2-7H,1H3,(H2,15,17);2*1-2H3. The van der Waals surface area contributed by atoms with E-state index in [1.807, 2.05) is 27.7 Å². The molecule has 0 unspecified atom stereocenters. The van der Waals surface area contributed by atoms with Crippen molar-refractivity contribution in [3.8, 4) is 11.1 Å². The molecule has 3 nitrogen and oxygen atoms in total. The molecule has 0 radical (unpaired) electrons. The Hall–Kier alpha value is -2.23. The van der Waals surface area contributed by atoms with Gasteiger partial charge in [-0.3, -0.25) is 9.78 Å². The second-order valence-electron chi connectivity index (χ2n) is 3.73. The number of carbonyl (C=O) groups excluding carboxylic acids is 1. The van der Waals surface area contributed by atoms with Crippen LogP contribution in [0.15, 0.2) is 36.5 Å². The number of hydrogen-bond donors (Lipinski definition) is 1. The molecule has 0 atom stereocenters. The lowest BCUT2D eigenvalue weighted by atomic mass is 10.0. The molecule has 2 rings (SSSR count). The van der Waals surface area contributed by atoms with Gasteiger partial charge in [-0.15, -0.1) is 0 Å². The van der Waals surface area contributed by atoms with Crippen LogP contribution in [0.25, 0.3) is 11.1 Å². The molecule has 2 N–H and O–H groups in total. The van der Waals surface area contributed by atoms with Crippen LogP contribution in [0.3, 0.4) is 0 Å². The summed E-state index contributed by atoms with van der Waals surface area (Å²) in [5.74, 6) is -0.922. The van der Waals surface area contributed by atoms with E-state index < -0.39 is 5.91 Å². The van der Waals surface area contributed by atoms with Gasteiger partial charge in [0.1, 0.15) is 11.5 Å². The fraction of sp³-hybridized carbons (Fsp3) is 0.294. The van der Waals surface area contributed by atoms with Crippen LogP contribution in [0.2, 0.25) is 0 Å². The maximum absolute atomic E-state index is 13.9. The molecule has 2 aromatic rings. The highest BCUT2D eigenvalue weighted by Crippen LogP contribution is 2.24. The predicted octanol–water partition coefficient (Wildman–Crippen LogP) is 4.35. The minimum atomic E-state index is -0.625. The molecule has 1 aromatic heterocycles. The van der Waals surface area contributed by atoms with Crippen LogP contribution < -0.4 is 5.73 Å². The van der Waals surface area contributed by atoms with E-state index in [4.69, 9.17) is 5.73 Å². The smallest absolute Gasteiger partial charge is 0.267 e. The lowest BCUT2D eigenvalue weighted by Crippen LogP contribution is -2.12. The second kappa shape index (κ2) is 9.64. The van der Waals surface area contributed by atoms with Crippen molar-refractivity contribution >= 4 is 5.91 Å². The molecule has 0 saturated heterocycles. The second-order valence-corrected chi connectivity index (χ2v) is 3.73. The number of aryl methyl sites for hydroxylation is 1. The van der Waals surface area contributed by atoms with Gasteiger partial charge >= 0.3 is 0 Å². The highest BCUT2D eigenvalue weighted by Gasteiger charge is 2.09. The highest BCUT2D eigenvalue weighted by atomic mass is 19.1. The molecule has 114 valence electrons. The summed E-state index contributed by atoms with van der Waals surface area (Å²) >= 11 is 0. The van der Waals surface area contributed by atoms with E-state index in [0.717, 1.165) is 0 Å². The number of primary amides is 1. The van der Waals surface area contributed by atoms with Gasteiger partial charge < -0.3 is 5.73 Å². The summed E-state index contributed by atoms with van der Waals surface area (Å²) in [6.45, 7) is 9.69. The first-order chi connectivity index (χ1) is 10.1. The Morgan fingerprint density at radius 3 is 2.33 bits per heavy atom. The molecule has 0 aliphatic heterocycles. The Kier molecular flexibility index (Phi) is 8.62. The van der Waals surface area contributed by atoms with E-state index in [0.29, 0.717) is 16.7 Å². The van der Waals surface area contributed by atoms with Crippen LogP contribution in [0.4, 0.5) is 4.39 Å². The first kappa shape index (κ1) is 18.8. The van der Waals surface area contributed by atoms with Gasteiger partial charge in [0, 0.05) is 11.8 Å². The van der Waals surface area contributed by atoms with Gasteiger partial charge in [0.25, 0.3) is 5.91 Å². The first-order valence-electron chi connectivity index (χ1n) is 7.11. The van der Waals surface area contributed by atoms with Gasteiger partial charge in [0.15, 0.2) is 0 Å². The van der Waals surface area contributed by atoms with Gasteiger partial charge in [-0.05, 0) is 30.2 Å². The molecule has 0 saturated carbocycles. The third kappa shape index (κ3) is 4.99. The number of carbonyl (C=O) groups is 1. The fourth-order valence-corrected chi connectivity index (χ4v) is 1.60. The van der Waals surface area contributed by atoms with Gasteiger partial charge in [-0.25, -0.2) is 4.39 Å².